The molecule has 1 rings (SSSR count). The molecule has 0 radical (unpaired) electrons. The number of amides is 1. The zero-order chi connectivity index (χ0) is 10.6. The Kier molecular flexibility index (Phi) is 3.88. The minimum atomic E-state index is -3.14. The van der Waals surface area contributed by atoms with Gasteiger partial charge in [0.1, 0.15) is 0 Å². The summed E-state index contributed by atoms with van der Waals surface area (Å²) in [6.45, 7) is 2.83. The number of sulfonamides is 1. The lowest BCUT2D eigenvalue weighted by Gasteiger charge is -2.15. The van der Waals surface area contributed by atoms with E-state index in [1.807, 2.05) is 0 Å². The number of carbonyl (C=O) groups excluding carboxylic acids is 1. The second kappa shape index (κ2) is 4.75. The molecule has 1 aliphatic rings. The maximum atomic E-state index is 11.6. The van der Waals surface area contributed by atoms with E-state index in [4.69, 9.17) is 0 Å². The fourth-order valence-electron chi connectivity index (χ4n) is 1.45. The summed E-state index contributed by atoms with van der Waals surface area (Å²) in [5, 5.41) is 2.48. The van der Waals surface area contributed by atoms with Gasteiger partial charge in [-0.2, -0.15) is 0 Å². The molecule has 82 valence electrons. The monoisotopic (exact) mass is 220 g/mol. The van der Waals surface area contributed by atoms with E-state index in [0.29, 0.717) is 13.1 Å². The lowest BCUT2D eigenvalue weighted by Crippen LogP contribution is -2.35. The van der Waals surface area contributed by atoms with Gasteiger partial charge in [-0.25, -0.2) is 12.7 Å². The van der Waals surface area contributed by atoms with E-state index in [9.17, 15) is 13.2 Å². The predicted molar refractivity (Wildman–Crippen MR) is 53.3 cm³/mol. The molecule has 0 bridgehead atoms. The topological polar surface area (TPSA) is 66.5 Å². The van der Waals surface area contributed by atoms with E-state index in [0.717, 1.165) is 12.8 Å². The first-order valence-electron chi connectivity index (χ1n) is 4.74. The van der Waals surface area contributed by atoms with Gasteiger partial charge in [-0.05, 0) is 12.8 Å². The van der Waals surface area contributed by atoms with Gasteiger partial charge < -0.3 is 5.32 Å². The largest absolute Gasteiger partial charge is 0.355 e. The summed E-state index contributed by atoms with van der Waals surface area (Å²) in [4.78, 5) is 10.5. The van der Waals surface area contributed by atoms with Gasteiger partial charge in [0.05, 0.1) is 5.75 Å². The van der Waals surface area contributed by atoms with Crippen LogP contribution in [0.5, 0.6) is 0 Å². The Hall–Kier alpha value is -0.620. The number of hydrogen-bond donors (Lipinski definition) is 1. The van der Waals surface area contributed by atoms with Gasteiger partial charge in [-0.3, -0.25) is 4.79 Å². The number of rotatable bonds is 4. The first kappa shape index (κ1) is 11.5. The van der Waals surface area contributed by atoms with Crippen LogP contribution in [-0.4, -0.2) is 44.0 Å². The van der Waals surface area contributed by atoms with Crippen molar-refractivity contribution in [2.24, 2.45) is 0 Å². The summed E-state index contributed by atoms with van der Waals surface area (Å²) in [6, 6.07) is 0. The highest BCUT2D eigenvalue weighted by molar-refractivity contribution is 7.89. The standard InChI is InChI=1S/C8H16N2O3S/c1-8(11)9-4-7-14(12,13)10-5-2-3-6-10/h2-7H2,1H3,(H,9,11). The van der Waals surface area contributed by atoms with Crippen LogP contribution >= 0.6 is 0 Å². The molecule has 0 saturated carbocycles. The van der Waals surface area contributed by atoms with Crippen LogP contribution in [0.15, 0.2) is 0 Å². The Morgan fingerprint density at radius 1 is 1.36 bits per heavy atom. The van der Waals surface area contributed by atoms with Gasteiger partial charge in [0, 0.05) is 26.6 Å². The smallest absolute Gasteiger partial charge is 0.216 e. The molecule has 1 amide bonds. The molecule has 1 heterocycles. The van der Waals surface area contributed by atoms with Crippen molar-refractivity contribution in [2.45, 2.75) is 19.8 Å². The molecule has 6 heteroatoms. The van der Waals surface area contributed by atoms with E-state index in [1.165, 1.54) is 11.2 Å². The Balaban J connectivity index is 2.37. The van der Waals surface area contributed by atoms with Gasteiger partial charge in [-0.15, -0.1) is 0 Å². The highest BCUT2D eigenvalue weighted by Gasteiger charge is 2.24. The molecule has 0 aromatic rings. The van der Waals surface area contributed by atoms with Crippen molar-refractivity contribution < 1.29 is 13.2 Å². The lowest BCUT2D eigenvalue weighted by molar-refractivity contribution is -0.118. The Morgan fingerprint density at radius 3 is 2.43 bits per heavy atom. The summed E-state index contributed by atoms with van der Waals surface area (Å²) in [7, 11) is -3.14. The second-order valence-corrected chi connectivity index (χ2v) is 5.49. The van der Waals surface area contributed by atoms with Gasteiger partial charge in [0.2, 0.25) is 15.9 Å². The Morgan fingerprint density at radius 2 is 1.93 bits per heavy atom. The minimum Gasteiger partial charge on any atom is -0.355 e. The van der Waals surface area contributed by atoms with Crippen LogP contribution in [0.25, 0.3) is 0 Å². The average molecular weight is 220 g/mol. The molecule has 14 heavy (non-hydrogen) atoms. The second-order valence-electron chi connectivity index (χ2n) is 3.41. The van der Waals surface area contributed by atoms with Gasteiger partial charge in [-0.1, -0.05) is 0 Å². The normalized spacial score (nSPS) is 18.4. The summed E-state index contributed by atoms with van der Waals surface area (Å²) >= 11 is 0. The molecule has 0 aliphatic carbocycles. The molecule has 1 aliphatic heterocycles. The van der Waals surface area contributed by atoms with Crippen molar-refractivity contribution in [3.63, 3.8) is 0 Å². The zero-order valence-corrected chi connectivity index (χ0v) is 9.14. The number of nitrogens with one attached hydrogen (secondary N) is 1. The minimum absolute atomic E-state index is 0.00653. The molecule has 1 saturated heterocycles. The molecule has 0 aromatic heterocycles. The molecule has 0 unspecified atom stereocenters. The lowest BCUT2D eigenvalue weighted by atomic mass is 10.4. The van der Waals surface area contributed by atoms with Crippen LogP contribution in [0.2, 0.25) is 0 Å². The fraction of sp³-hybridized carbons (Fsp3) is 0.875. The van der Waals surface area contributed by atoms with Gasteiger partial charge >= 0.3 is 0 Å². The number of nitrogens with zero attached hydrogens (tertiary/aromatic N) is 1. The van der Waals surface area contributed by atoms with Crippen molar-refractivity contribution in [1.29, 1.82) is 0 Å². The van der Waals surface area contributed by atoms with Crippen molar-refractivity contribution in [1.82, 2.24) is 9.62 Å². The third-order valence-corrected chi connectivity index (χ3v) is 4.06. The molecular weight excluding hydrogens is 204 g/mol. The number of hydrogen-bond acceptors (Lipinski definition) is 3. The molecular formula is C8H16N2O3S. The summed E-state index contributed by atoms with van der Waals surface area (Å²) in [6.07, 6.45) is 1.89. The third-order valence-electron chi connectivity index (χ3n) is 2.19. The van der Waals surface area contributed by atoms with E-state index >= 15 is 0 Å². The first-order valence-corrected chi connectivity index (χ1v) is 6.35. The van der Waals surface area contributed by atoms with Crippen LogP contribution in [0, 0.1) is 0 Å². The van der Waals surface area contributed by atoms with Crippen LogP contribution in [-0.2, 0) is 14.8 Å². The van der Waals surface area contributed by atoms with E-state index < -0.39 is 10.0 Å². The Labute approximate surface area is 84.5 Å². The third kappa shape index (κ3) is 3.26. The average Bonchev–Trinajstić information content (AvgIpc) is 2.54. The zero-order valence-electron chi connectivity index (χ0n) is 8.32. The SMILES string of the molecule is CC(=O)NCCS(=O)(=O)N1CCCC1. The fourth-order valence-corrected chi connectivity index (χ4v) is 2.88. The van der Waals surface area contributed by atoms with Gasteiger partial charge in [0.25, 0.3) is 0 Å². The maximum Gasteiger partial charge on any atom is 0.216 e. The van der Waals surface area contributed by atoms with E-state index in [1.54, 1.807) is 0 Å². The van der Waals surface area contributed by atoms with Crippen LogP contribution < -0.4 is 5.32 Å². The molecule has 1 fully saturated rings. The van der Waals surface area contributed by atoms with Crippen molar-refractivity contribution in [3.05, 3.63) is 0 Å². The van der Waals surface area contributed by atoms with Crippen molar-refractivity contribution >= 4 is 15.9 Å². The first-order chi connectivity index (χ1) is 6.52. The summed E-state index contributed by atoms with van der Waals surface area (Å²) in [5.41, 5.74) is 0. The maximum absolute atomic E-state index is 11.6. The van der Waals surface area contributed by atoms with Gasteiger partial charge in [0.15, 0.2) is 0 Å². The molecule has 0 spiro atoms. The van der Waals surface area contributed by atoms with Crippen molar-refractivity contribution in [2.75, 3.05) is 25.4 Å². The molecule has 0 aromatic carbocycles. The van der Waals surface area contributed by atoms with E-state index in [2.05, 4.69) is 5.32 Å². The van der Waals surface area contributed by atoms with Crippen LogP contribution in [0.3, 0.4) is 0 Å². The molecule has 1 N–H and O–H groups in total. The summed E-state index contributed by atoms with van der Waals surface area (Å²) in [5.74, 6) is -0.186. The predicted octanol–water partition coefficient (Wildman–Crippen LogP) is -0.452. The number of carbonyl (C=O) groups is 1. The quantitative estimate of drug-likeness (QED) is 0.697. The van der Waals surface area contributed by atoms with Crippen LogP contribution in [0.1, 0.15) is 19.8 Å². The van der Waals surface area contributed by atoms with Crippen LogP contribution in [0.4, 0.5) is 0 Å². The molecule has 0 atom stereocenters. The Bertz CT molecular complexity index is 294. The molecule has 5 nitrogen and oxygen atoms in total. The summed E-state index contributed by atoms with van der Waals surface area (Å²) < 4.78 is 24.7. The van der Waals surface area contributed by atoms with Crippen molar-refractivity contribution in [3.8, 4) is 0 Å². The highest BCUT2D eigenvalue weighted by atomic mass is 32.2. The van der Waals surface area contributed by atoms with E-state index in [-0.39, 0.29) is 18.2 Å². The highest BCUT2D eigenvalue weighted by Crippen LogP contribution is 2.12.